The molecule has 1 saturated carbocycles. The molecule has 1 aliphatic carbocycles. The second-order valence-corrected chi connectivity index (χ2v) is 6.73. The molecule has 2 amide bonds. The number of ether oxygens (including phenoxy) is 1. The van der Waals surface area contributed by atoms with E-state index in [-0.39, 0.29) is 24.3 Å². The molecule has 1 aromatic rings. The van der Waals surface area contributed by atoms with Gasteiger partial charge in [-0.25, -0.2) is 0 Å². The molecule has 136 valence electrons. The van der Waals surface area contributed by atoms with Crippen LogP contribution in [-0.4, -0.2) is 42.6 Å². The van der Waals surface area contributed by atoms with Crippen molar-refractivity contribution in [3.8, 4) is 5.75 Å². The maximum Gasteiger partial charge on any atom is 0.311 e. The molecule has 0 heterocycles. The van der Waals surface area contributed by atoms with E-state index in [4.69, 9.17) is 9.84 Å². The summed E-state index contributed by atoms with van der Waals surface area (Å²) >= 11 is 0. The van der Waals surface area contributed by atoms with Crippen molar-refractivity contribution in [1.29, 1.82) is 0 Å². The fourth-order valence-electron chi connectivity index (χ4n) is 2.49. The summed E-state index contributed by atoms with van der Waals surface area (Å²) in [5, 5.41) is 14.6. The van der Waals surface area contributed by atoms with Crippen molar-refractivity contribution >= 4 is 17.8 Å². The first-order chi connectivity index (χ1) is 11.8. The van der Waals surface area contributed by atoms with Crippen LogP contribution in [0.2, 0.25) is 0 Å². The van der Waals surface area contributed by atoms with Crippen molar-refractivity contribution in [2.75, 3.05) is 13.7 Å². The third-order valence-electron chi connectivity index (χ3n) is 4.50. The summed E-state index contributed by atoms with van der Waals surface area (Å²) in [7, 11) is 1.54. The first-order valence-corrected chi connectivity index (χ1v) is 8.25. The topological polar surface area (TPSA) is 105 Å². The van der Waals surface area contributed by atoms with Gasteiger partial charge in [-0.15, -0.1) is 0 Å². The number of hydrogen-bond acceptors (Lipinski definition) is 4. The number of benzene rings is 1. The third kappa shape index (κ3) is 4.49. The van der Waals surface area contributed by atoms with E-state index in [1.165, 1.54) is 7.11 Å². The maximum atomic E-state index is 12.4. The molecule has 0 saturated heterocycles. The smallest absolute Gasteiger partial charge is 0.311 e. The maximum absolute atomic E-state index is 12.4. The number of aliphatic carboxylic acids is 1. The minimum Gasteiger partial charge on any atom is -0.497 e. The number of methoxy groups -OCH3 is 1. The van der Waals surface area contributed by atoms with Gasteiger partial charge in [-0.1, -0.05) is 13.8 Å². The number of nitrogens with one attached hydrogen (secondary N) is 2. The van der Waals surface area contributed by atoms with Gasteiger partial charge in [0.2, 0.25) is 5.91 Å². The van der Waals surface area contributed by atoms with Crippen LogP contribution in [0.4, 0.5) is 0 Å². The van der Waals surface area contributed by atoms with E-state index in [1.807, 2.05) is 13.8 Å². The van der Waals surface area contributed by atoms with Gasteiger partial charge in [0.05, 0.1) is 12.5 Å². The molecule has 1 atom stereocenters. The summed E-state index contributed by atoms with van der Waals surface area (Å²) in [5.74, 6) is -1.13. The van der Waals surface area contributed by atoms with E-state index in [0.717, 1.165) is 0 Å². The molecule has 25 heavy (non-hydrogen) atoms. The third-order valence-corrected chi connectivity index (χ3v) is 4.50. The van der Waals surface area contributed by atoms with Gasteiger partial charge >= 0.3 is 5.97 Å². The number of carboxylic acid groups (broad SMARTS) is 1. The Labute approximate surface area is 146 Å². The number of hydrogen-bond donors (Lipinski definition) is 3. The van der Waals surface area contributed by atoms with Gasteiger partial charge in [-0.3, -0.25) is 14.4 Å². The SMILES string of the molecule is COc1ccc(C(=O)NC(C(=O)NCC2(C(=O)O)CC2)C(C)C)cc1. The van der Waals surface area contributed by atoms with Gasteiger partial charge in [-0.05, 0) is 43.0 Å². The number of rotatable bonds is 8. The van der Waals surface area contributed by atoms with Crippen LogP contribution in [0.5, 0.6) is 5.75 Å². The highest BCUT2D eigenvalue weighted by Gasteiger charge is 2.50. The molecule has 0 aliphatic heterocycles. The lowest BCUT2D eigenvalue weighted by Crippen LogP contribution is -2.51. The second-order valence-electron chi connectivity index (χ2n) is 6.73. The van der Waals surface area contributed by atoms with Crippen LogP contribution in [0.1, 0.15) is 37.0 Å². The summed E-state index contributed by atoms with van der Waals surface area (Å²) in [4.78, 5) is 36.0. The Balaban J connectivity index is 1.98. The molecule has 0 aromatic heterocycles. The van der Waals surface area contributed by atoms with Crippen LogP contribution in [-0.2, 0) is 9.59 Å². The number of amides is 2. The zero-order chi connectivity index (χ0) is 18.6. The molecule has 0 radical (unpaired) electrons. The van der Waals surface area contributed by atoms with Crippen LogP contribution < -0.4 is 15.4 Å². The number of carboxylic acids is 1. The van der Waals surface area contributed by atoms with Gasteiger partial charge < -0.3 is 20.5 Å². The van der Waals surface area contributed by atoms with Crippen molar-refractivity contribution in [2.24, 2.45) is 11.3 Å². The largest absolute Gasteiger partial charge is 0.497 e. The fourth-order valence-corrected chi connectivity index (χ4v) is 2.49. The van der Waals surface area contributed by atoms with Gasteiger partial charge in [0, 0.05) is 12.1 Å². The molecule has 1 aliphatic rings. The molecule has 7 heteroatoms. The summed E-state index contributed by atoms with van der Waals surface area (Å²) in [5.41, 5.74) is -0.416. The van der Waals surface area contributed by atoms with Crippen molar-refractivity contribution in [1.82, 2.24) is 10.6 Å². The molecule has 0 spiro atoms. The Morgan fingerprint density at radius 2 is 1.80 bits per heavy atom. The van der Waals surface area contributed by atoms with Crippen molar-refractivity contribution in [2.45, 2.75) is 32.7 Å². The molecule has 3 N–H and O–H groups in total. The first kappa shape index (κ1) is 18.8. The molecule has 1 unspecified atom stereocenters. The van der Waals surface area contributed by atoms with E-state index >= 15 is 0 Å². The zero-order valence-electron chi connectivity index (χ0n) is 14.7. The van der Waals surface area contributed by atoms with Gasteiger partial charge in [-0.2, -0.15) is 0 Å². The summed E-state index contributed by atoms with van der Waals surface area (Å²) in [6.45, 7) is 3.73. The van der Waals surface area contributed by atoms with Crippen LogP contribution in [0.15, 0.2) is 24.3 Å². The monoisotopic (exact) mass is 348 g/mol. The van der Waals surface area contributed by atoms with E-state index in [2.05, 4.69) is 10.6 Å². The Bertz CT molecular complexity index is 650. The fraction of sp³-hybridized carbons (Fsp3) is 0.500. The van der Waals surface area contributed by atoms with Crippen LogP contribution in [0.25, 0.3) is 0 Å². The predicted octanol–water partition coefficient (Wildman–Crippen LogP) is 1.43. The highest BCUT2D eigenvalue weighted by Crippen LogP contribution is 2.45. The van der Waals surface area contributed by atoms with Crippen molar-refractivity contribution in [3.05, 3.63) is 29.8 Å². The lowest BCUT2D eigenvalue weighted by molar-refractivity contribution is -0.143. The van der Waals surface area contributed by atoms with E-state index in [0.29, 0.717) is 24.2 Å². The minimum atomic E-state index is -0.892. The highest BCUT2D eigenvalue weighted by molar-refractivity contribution is 5.97. The van der Waals surface area contributed by atoms with Gasteiger partial charge in [0.15, 0.2) is 0 Å². The van der Waals surface area contributed by atoms with Crippen molar-refractivity contribution in [3.63, 3.8) is 0 Å². The lowest BCUT2D eigenvalue weighted by Gasteiger charge is -2.23. The Morgan fingerprint density at radius 3 is 2.24 bits per heavy atom. The van der Waals surface area contributed by atoms with Gasteiger partial charge in [0.25, 0.3) is 5.91 Å². The summed E-state index contributed by atoms with van der Waals surface area (Å²) in [6.07, 6.45) is 1.13. The number of carbonyl (C=O) groups excluding carboxylic acids is 2. The average Bonchev–Trinajstić information content (AvgIpc) is 3.38. The normalized spacial score (nSPS) is 16.0. The van der Waals surface area contributed by atoms with Crippen LogP contribution in [0.3, 0.4) is 0 Å². The second kappa shape index (κ2) is 7.55. The Morgan fingerprint density at radius 1 is 1.20 bits per heavy atom. The number of carbonyl (C=O) groups is 3. The molecule has 1 aromatic carbocycles. The standard InChI is InChI=1S/C18H24N2O5/c1-11(2)14(16(22)19-10-18(8-9-18)17(23)24)20-15(21)12-4-6-13(25-3)7-5-12/h4-7,11,14H,8-10H2,1-3H3,(H,19,22)(H,20,21)(H,23,24). The quantitative estimate of drug-likeness (QED) is 0.659. The molecule has 1 fully saturated rings. The molecular weight excluding hydrogens is 324 g/mol. The molecule has 0 bridgehead atoms. The molecule has 7 nitrogen and oxygen atoms in total. The zero-order valence-corrected chi connectivity index (χ0v) is 14.7. The average molecular weight is 348 g/mol. The van der Waals surface area contributed by atoms with Crippen LogP contribution >= 0.6 is 0 Å². The highest BCUT2D eigenvalue weighted by atomic mass is 16.5. The van der Waals surface area contributed by atoms with Crippen LogP contribution in [0, 0.1) is 11.3 Å². The van der Waals surface area contributed by atoms with E-state index in [9.17, 15) is 14.4 Å². The first-order valence-electron chi connectivity index (χ1n) is 8.25. The minimum absolute atomic E-state index is 0.0861. The predicted molar refractivity (Wildman–Crippen MR) is 91.4 cm³/mol. The molecule has 2 rings (SSSR count). The summed E-state index contributed by atoms with van der Waals surface area (Å²) < 4.78 is 5.05. The van der Waals surface area contributed by atoms with Crippen molar-refractivity contribution < 1.29 is 24.2 Å². The summed E-state index contributed by atoms with van der Waals surface area (Å²) in [6, 6.07) is 5.84. The Hall–Kier alpha value is -2.57. The molecular formula is C18H24N2O5. The lowest BCUT2D eigenvalue weighted by atomic mass is 10.0. The van der Waals surface area contributed by atoms with E-state index in [1.54, 1.807) is 24.3 Å². The Kier molecular flexibility index (Phi) is 5.66. The van der Waals surface area contributed by atoms with Gasteiger partial charge in [0.1, 0.15) is 11.8 Å². The van der Waals surface area contributed by atoms with E-state index < -0.39 is 17.4 Å².